The van der Waals surface area contributed by atoms with Crippen molar-refractivity contribution in [3.63, 3.8) is 0 Å². The maximum Gasteiger partial charge on any atom is 0.370 e. The maximum absolute atomic E-state index is 11.1. The summed E-state index contributed by atoms with van der Waals surface area (Å²) in [4.78, 5) is 22.0. The van der Waals surface area contributed by atoms with Crippen molar-refractivity contribution in [1.29, 1.82) is 0 Å². The van der Waals surface area contributed by atoms with Crippen LogP contribution < -0.4 is 11.1 Å². The second-order valence-electron chi connectivity index (χ2n) is 4.37. The average Bonchev–Trinajstić information content (AvgIpc) is 2.32. The number of aliphatic carboxylic acids is 1. The van der Waals surface area contributed by atoms with Gasteiger partial charge in [0.15, 0.2) is 0 Å². The van der Waals surface area contributed by atoms with Crippen LogP contribution in [0.4, 0.5) is 0 Å². The summed E-state index contributed by atoms with van der Waals surface area (Å²) >= 11 is 0. The minimum absolute atomic E-state index is 0.0419. The molecule has 0 aromatic rings. The van der Waals surface area contributed by atoms with Gasteiger partial charge in [-0.15, -0.1) is 0 Å². The summed E-state index contributed by atoms with van der Waals surface area (Å²) in [7, 11) is 0. The summed E-state index contributed by atoms with van der Waals surface area (Å²) in [5, 5.41) is 29.7. The number of rotatable bonds is 5. The first-order valence-electron chi connectivity index (χ1n) is 5.78. The van der Waals surface area contributed by atoms with E-state index in [1.54, 1.807) is 0 Å². The first-order chi connectivity index (χ1) is 8.85. The summed E-state index contributed by atoms with van der Waals surface area (Å²) in [6.07, 6.45) is -0.747. The third-order valence-electron chi connectivity index (χ3n) is 2.73. The van der Waals surface area contributed by atoms with Crippen molar-refractivity contribution in [3.05, 3.63) is 11.8 Å². The molecule has 1 aliphatic rings. The van der Waals surface area contributed by atoms with Crippen molar-refractivity contribution >= 4 is 11.9 Å². The second kappa shape index (κ2) is 6.50. The Hall–Kier alpha value is -1.64. The molecule has 1 rings (SSSR count). The summed E-state index contributed by atoms with van der Waals surface area (Å²) in [6.45, 7) is 0.802. The number of nitrogens with one attached hydrogen (secondary N) is 1. The predicted molar refractivity (Wildman–Crippen MR) is 63.9 cm³/mol. The zero-order chi connectivity index (χ0) is 14.6. The van der Waals surface area contributed by atoms with Gasteiger partial charge in [-0.25, -0.2) is 4.79 Å². The normalized spacial score (nSPS) is 28.0. The van der Waals surface area contributed by atoms with E-state index in [1.807, 2.05) is 0 Å². The van der Waals surface area contributed by atoms with Gasteiger partial charge in [0.2, 0.25) is 11.7 Å². The Morgan fingerprint density at radius 3 is 2.68 bits per heavy atom. The largest absolute Gasteiger partial charge is 0.481 e. The molecule has 8 heteroatoms. The highest BCUT2D eigenvalue weighted by molar-refractivity contribution is 5.84. The molecule has 1 heterocycles. The van der Waals surface area contributed by atoms with Gasteiger partial charge in [0.25, 0.3) is 0 Å². The third-order valence-corrected chi connectivity index (χ3v) is 2.73. The number of aliphatic hydroxyl groups is 2. The lowest BCUT2D eigenvalue weighted by molar-refractivity contribution is -0.139. The summed E-state index contributed by atoms with van der Waals surface area (Å²) in [5.74, 6) is -1.95. The minimum atomic E-state index is -1.28. The Morgan fingerprint density at radius 2 is 2.21 bits per heavy atom. The van der Waals surface area contributed by atoms with Crippen LogP contribution in [0.3, 0.4) is 0 Å². The van der Waals surface area contributed by atoms with E-state index in [0.29, 0.717) is 0 Å². The van der Waals surface area contributed by atoms with Crippen LogP contribution in [-0.4, -0.2) is 58.1 Å². The van der Waals surface area contributed by atoms with Gasteiger partial charge >= 0.3 is 5.97 Å². The number of aliphatic hydroxyl groups excluding tert-OH is 2. The van der Waals surface area contributed by atoms with Gasteiger partial charge in [-0.1, -0.05) is 0 Å². The molecule has 6 N–H and O–H groups in total. The number of hydrogen-bond acceptors (Lipinski definition) is 6. The number of amides is 1. The lowest BCUT2D eigenvalue weighted by Crippen LogP contribution is -2.57. The first kappa shape index (κ1) is 15.4. The molecule has 0 unspecified atom stereocenters. The molecule has 0 saturated carbocycles. The van der Waals surface area contributed by atoms with Crippen LogP contribution in [0.15, 0.2) is 11.8 Å². The molecule has 0 fully saturated rings. The highest BCUT2D eigenvalue weighted by Gasteiger charge is 2.36. The highest BCUT2D eigenvalue weighted by Crippen LogP contribution is 2.21. The summed E-state index contributed by atoms with van der Waals surface area (Å²) in [6, 6.07) is -1.42. The van der Waals surface area contributed by atoms with Crippen molar-refractivity contribution in [2.75, 3.05) is 6.61 Å². The first-order valence-corrected chi connectivity index (χ1v) is 5.78. The molecule has 0 aromatic carbocycles. The molecular weight excluding hydrogens is 256 g/mol. The van der Waals surface area contributed by atoms with Crippen LogP contribution >= 0.6 is 0 Å². The Balaban J connectivity index is 2.90. The van der Waals surface area contributed by atoms with Crippen LogP contribution in [-0.2, 0) is 14.3 Å². The standard InChI is InChI=1S/C11H18N2O6/c1-5(15)13-10-7(12)3-9(11(17)18)19-8(10)2-6(16)4-14/h3,6-8,10,14,16H,2,4,12H2,1H3,(H,13,15)(H,17,18)/t6-,7-,8-,10+/m0/s1. The van der Waals surface area contributed by atoms with Crippen molar-refractivity contribution in [2.45, 2.75) is 37.6 Å². The van der Waals surface area contributed by atoms with Crippen molar-refractivity contribution in [1.82, 2.24) is 5.32 Å². The maximum atomic E-state index is 11.1. The van der Waals surface area contributed by atoms with E-state index in [0.717, 1.165) is 0 Å². The summed E-state index contributed by atoms with van der Waals surface area (Å²) in [5.41, 5.74) is 5.78. The molecule has 0 aliphatic carbocycles. The zero-order valence-electron chi connectivity index (χ0n) is 10.4. The number of carboxylic acid groups (broad SMARTS) is 1. The Bertz CT molecular complexity index is 383. The third kappa shape index (κ3) is 4.19. The fourth-order valence-electron chi connectivity index (χ4n) is 1.88. The molecule has 1 aliphatic heterocycles. The van der Waals surface area contributed by atoms with Crippen molar-refractivity contribution in [3.8, 4) is 0 Å². The molecule has 0 saturated heterocycles. The Labute approximate surface area is 109 Å². The molecule has 0 spiro atoms. The average molecular weight is 274 g/mol. The van der Waals surface area contributed by atoms with Crippen molar-refractivity contribution < 1.29 is 29.6 Å². The zero-order valence-corrected chi connectivity index (χ0v) is 10.4. The number of hydrogen-bond donors (Lipinski definition) is 5. The molecule has 108 valence electrons. The fraction of sp³-hybridized carbons (Fsp3) is 0.636. The number of nitrogens with two attached hydrogens (primary N) is 1. The second-order valence-corrected chi connectivity index (χ2v) is 4.37. The van der Waals surface area contributed by atoms with Crippen molar-refractivity contribution in [2.24, 2.45) is 5.73 Å². The number of carbonyl (C=O) groups is 2. The van der Waals surface area contributed by atoms with Gasteiger partial charge in [-0.05, 0) is 6.08 Å². The van der Waals surface area contributed by atoms with Gasteiger partial charge in [0.1, 0.15) is 6.10 Å². The lowest BCUT2D eigenvalue weighted by Gasteiger charge is -2.35. The van der Waals surface area contributed by atoms with E-state index >= 15 is 0 Å². The highest BCUT2D eigenvalue weighted by atomic mass is 16.5. The molecule has 19 heavy (non-hydrogen) atoms. The number of ether oxygens (including phenoxy) is 1. The lowest BCUT2D eigenvalue weighted by atomic mass is 9.95. The molecular formula is C11H18N2O6. The Morgan fingerprint density at radius 1 is 1.58 bits per heavy atom. The fourth-order valence-corrected chi connectivity index (χ4v) is 1.88. The molecule has 0 aromatic heterocycles. The SMILES string of the molecule is CC(=O)N[C@H]1[C@H](C[C@H](O)CO)OC(C(=O)O)=C[C@@H]1N. The van der Waals surface area contributed by atoms with E-state index < -0.39 is 36.9 Å². The van der Waals surface area contributed by atoms with Crippen LogP contribution in [0.1, 0.15) is 13.3 Å². The smallest absolute Gasteiger partial charge is 0.370 e. The molecule has 1 amide bonds. The van der Waals surface area contributed by atoms with Crippen LogP contribution in [0.5, 0.6) is 0 Å². The topological polar surface area (TPSA) is 142 Å². The molecule has 8 nitrogen and oxygen atoms in total. The van der Waals surface area contributed by atoms with Gasteiger partial charge in [-0.3, -0.25) is 4.79 Å². The van der Waals surface area contributed by atoms with Gasteiger partial charge in [0.05, 0.1) is 24.8 Å². The van der Waals surface area contributed by atoms with Crippen LogP contribution in [0, 0.1) is 0 Å². The minimum Gasteiger partial charge on any atom is -0.481 e. The molecule has 4 atom stereocenters. The van der Waals surface area contributed by atoms with Gasteiger partial charge in [-0.2, -0.15) is 0 Å². The predicted octanol–water partition coefficient (Wildman–Crippen LogP) is -2.07. The molecule has 0 bridgehead atoms. The summed E-state index contributed by atoms with van der Waals surface area (Å²) < 4.78 is 5.20. The van der Waals surface area contributed by atoms with E-state index in [1.165, 1.54) is 13.0 Å². The number of carbonyl (C=O) groups excluding carboxylic acids is 1. The van der Waals surface area contributed by atoms with E-state index in [4.69, 9.17) is 20.7 Å². The van der Waals surface area contributed by atoms with Gasteiger partial charge < -0.3 is 31.1 Å². The van der Waals surface area contributed by atoms with Crippen LogP contribution in [0.2, 0.25) is 0 Å². The quantitative estimate of drug-likeness (QED) is 0.387. The van der Waals surface area contributed by atoms with Gasteiger partial charge in [0, 0.05) is 13.3 Å². The van der Waals surface area contributed by atoms with E-state index in [9.17, 15) is 14.7 Å². The van der Waals surface area contributed by atoms with E-state index in [-0.39, 0.29) is 18.1 Å². The number of carboxylic acids is 1. The van der Waals surface area contributed by atoms with E-state index in [2.05, 4.69) is 5.32 Å². The monoisotopic (exact) mass is 274 g/mol. The molecule has 0 radical (unpaired) electrons. The Kier molecular flexibility index (Phi) is 5.28. The van der Waals surface area contributed by atoms with Crippen LogP contribution in [0.25, 0.3) is 0 Å².